The number of nitrogens with zero attached hydrogens (tertiary/aromatic N) is 2. The molecule has 1 atom stereocenters. The molecule has 2 rings (SSSR count). The number of aromatic nitrogens is 1. The fourth-order valence-corrected chi connectivity index (χ4v) is 2.47. The molecule has 0 bridgehead atoms. The van der Waals surface area contributed by atoms with Gasteiger partial charge in [0.15, 0.2) is 0 Å². The van der Waals surface area contributed by atoms with Gasteiger partial charge < -0.3 is 10.0 Å². The van der Waals surface area contributed by atoms with Gasteiger partial charge in [0.1, 0.15) is 0 Å². The van der Waals surface area contributed by atoms with Gasteiger partial charge >= 0.3 is 5.97 Å². The number of likely N-dealkylation sites (tertiary alicyclic amines) is 1. The number of hydrogen-bond donors (Lipinski definition) is 1. The highest BCUT2D eigenvalue weighted by atomic mass is 16.4. The van der Waals surface area contributed by atoms with Gasteiger partial charge in [-0.2, -0.15) is 0 Å². The molecule has 0 radical (unpaired) electrons. The van der Waals surface area contributed by atoms with Gasteiger partial charge in [0.25, 0.3) is 0 Å². The van der Waals surface area contributed by atoms with Crippen LogP contribution in [0, 0.1) is 5.41 Å². The zero-order valence-corrected chi connectivity index (χ0v) is 11.0. The molecule has 1 saturated heterocycles. The Hall–Kier alpha value is -1.91. The summed E-state index contributed by atoms with van der Waals surface area (Å²) in [5.74, 6) is -0.849. The number of carbonyl (C=O) groups is 2. The van der Waals surface area contributed by atoms with Crippen LogP contribution in [0.5, 0.6) is 0 Å². The zero-order chi connectivity index (χ0) is 13.9. The number of carboxylic acids is 1. The van der Waals surface area contributed by atoms with E-state index in [1.165, 1.54) is 0 Å². The lowest BCUT2D eigenvalue weighted by Gasteiger charge is -2.23. The van der Waals surface area contributed by atoms with Gasteiger partial charge in [-0.15, -0.1) is 0 Å². The van der Waals surface area contributed by atoms with Crippen LogP contribution in [0.25, 0.3) is 0 Å². The summed E-state index contributed by atoms with van der Waals surface area (Å²) in [6.07, 6.45) is 2.98. The van der Waals surface area contributed by atoms with Crippen molar-refractivity contribution < 1.29 is 14.7 Å². The van der Waals surface area contributed by atoms with Crippen molar-refractivity contribution >= 4 is 11.9 Å². The first kappa shape index (κ1) is 13.5. The summed E-state index contributed by atoms with van der Waals surface area (Å²) in [5.41, 5.74) is -0.0448. The molecule has 2 heterocycles. The first-order valence-corrected chi connectivity index (χ1v) is 6.48. The van der Waals surface area contributed by atoms with E-state index in [1.807, 2.05) is 13.0 Å². The van der Waals surface area contributed by atoms with Crippen LogP contribution in [0.4, 0.5) is 0 Å². The van der Waals surface area contributed by atoms with Crippen LogP contribution < -0.4 is 0 Å². The van der Waals surface area contributed by atoms with Gasteiger partial charge in [-0.3, -0.25) is 14.6 Å². The Morgan fingerprint density at radius 3 is 2.79 bits per heavy atom. The quantitative estimate of drug-likeness (QED) is 0.888. The van der Waals surface area contributed by atoms with Crippen molar-refractivity contribution in [2.24, 2.45) is 5.41 Å². The zero-order valence-electron chi connectivity index (χ0n) is 11.0. The molecule has 102 valence electrons. The summed E-state index contributed by atoms with van der Waals surface area (Å²) in [4.78, 5) is 29.2. The molecule has 1 aliphatic heterocycles. The second kappa shape index (κ2) is 5.38. The first-order valence-electron chi connectivity index (χ1n) is 6.48. The molecular formula is C14H18N2O3. The number of pyridine rings is 1. The molecule has 19 heavy (non-hydrogen) atoms. The maximum Gasteiger partial charge on any atom is 0.311 e. The summed E-state index contributed by atoms with van der Waals surface area (Å²) in [7, 11) is 0. The Labute approximate surface area is 112 Å². The number of carbonyl (C=O) groups excluding carboxylic acids is 1. The maximum absolute atomic E-state index is 12.1. The molecular weight excluding hydrogens is 244 g/mol. The Morgan fingerprint density at radius 2 is 2.26 bits per heavy atom. The van der Waals surface area contributed by atoms with Gasteiger partial charge in [-0.25, -0.2) is 0 Å². The number of aliphatic carboxylic acids is 1. The molecule has 5 nitrogen and oxygen atoms in total. The van der Waals surface area contributed by atoms with Gasteiger partial charge in [-0.1, -0.05) is 13.0 Å². The summed E-state index contributed by atoms with van der Waals surface area (Å²) < 4.78 is 0. The molecule has 1 aromatic heterocycles. The topological polar surface area (TPSA) is 70.5 Å². The Balaban J connectivity index is 2.01. The molecule has 1 amide bonds. The number of rotatable bonds is 4. The Kier molecular flexibility index (Phi) is 3.83. The summed E-state index contributed by atoms with van der Waals surface area (Å²) in [5, 5.41) is 9.30. The smallest absolute Gasteiger partial charge is 0.311 e. The van der Waals surface area contributed by atoms with Crippen LogP contribution in [0.2, 0.25) is 0 Å². The molecule has 0 spiro atoms. The molecule has 1 aromatic rings. The van der Waals surface area contributed by atoms with E-state index in [4.69, 9.17) is 0 Å². The van der Waals surface area contributed by atoms with E-state index in [9.17, 15) is 14.7 Å². The number of amides is 1. The van der Waals surface area contributed by atoms with Crippen molar-refractivity contribution in [3.8, 4) is 0 Å². The van der Waals surface area contributed by atoms with Crippen molar-refractivity contribution in [1.29, 1.82) is 0 Å². The largest absolute Gasteiger partial charge is 0.481 e. The molecule has 5 heteroatoms. The summed E-state index contributed by atoms with van der Waals surface area (Å²) >= 11 is 0. The SMILES string of the molecule is CCC1(C(=O)O)CCN(C(=O)Cc2ccccn2)C1. The van der Waals surface area contributed by atoms with Gasteiger partial charge in [-0.05, 0) is 25.0 Å². The fourth-order valence-electron chi connectivity index (χ4n) is 2.47. The van der Waals surface area contributed by atoms with Gasteiger partial charge in [0.2, 0.25) is 5.91 Å². The maximum atomic E-state index is 12.1. The second-order valence-electron chi connectivity index (χ2n) is 5.00. The molecule has 0 saturated carbocycles. The molecule has 1 aliphatic rings. The first-order chi connectivity index (χ1) is 9.07. The van der Waals surface area contributed by atoms with E-state index in [-0.39, 0.29) is 12.3 Å². The van der Waals surface area contributed by atoms with Gasteiger partial charge in [0, 0.05) is 25.0 Å². The van der Waals surface area contributed by atoms with Crippen LogP contribution >= 0.6 is 0 Å². The van der Waals surface area contributed by atoms with Crippen molar-refractivity contribution in [3.63, 3.8) is 0 Å². The summed E-state index contributed by atoms with van der Waals surface area (Å²) in [6.45, 7) is 2.69. The predicted molar refractivity (Wildman–Crippen MR) is 69.5 cm³/mol. The third-order valence-corrected chi connectivity index (χ3v) is 3.90. The predicted octanol–water partition coefficient (Wildman–Crippen LogP) is 1.34. The van der Waals surface area contributed by atoms with Crippen LogP contribution in [-0.4, -0.2) is 40.0 Å². The monoisotopic (exact) mass is 262 g/mol. The highest BCUT2D eigenvalue weighted by Gasteiger charge is 2.44. The molecule has 1 N–H and O–H groups in total. The molecule has 0 aliphatic carbocycles. The lowest BCUT2D eigenvalue weighted by Crippen LogP contribution is -2.37. The van der Waals surface area contributed by atoms with Crippen molar-refractivity contribution in [3.05, 3.63) is 30.1 Å². The van der Waals surface area contributed by atoms with E-state index in [0.717, 1.165) is 5.69 Å². The van der Waals surface area contributed by atoms with E-state index >= 15 is 0 Å². The lowest BCUT2D eigenvalue weighted by molar-refractivity contribution is -0.148. The van der Waals surface area contributed by atoms with Crippen molar-refractivity contribution in [1.82, 2.24) is 9.88 Å². The normalized spacial score (nSPS) is 22.5. The second-order valence-corrected chi connectivity index (χ2v) is 5.00. The number of hydrogen-bond acceptors (Lipinski definition) is 3. The molecule has 0 aromatic carbocycles. The van der Waals surface area contributed by atoms with E-state index in [0.29, 0.717) is 25.9 Å². The minimum atomic E-state index is -0.803. The Bertz CT molecular complexity index is 475. The standard InChI is InChI=1S/C14H18N2O3/c1-2-14(13(18)19)6-8-16(10-14)12(17)9-11-5-3-4-7-15-11/h3-5,7H,2,6,8-10H2,1H3,(H,18,19). The van der Waals surface area contributed by atoms with Crippen LogP contribution in [0.1, 0.15) is 25.5 Å². The van der Waals surface area contributed by atoms with Crippen molar-refractivity contribution in [2.75, 3.05) is 13.1 Å². The third kappa shape index (κ3) is 2.75. The molecule has 1 unspecified atom stereocenters. The average Bonchev–Trinajstić information content (AvgIpc) is 2.86. The lowest BCUT2D eigenvalue weighted by atomic mass is 9.84. The van der Waals surface area contributed by atoms with E-state index < -0.39 is 11.4 Å². The van der Waals surface area contributed by atoms with Crippen LogP contribution in [0.3, 0.4) is 0 Å². The number of carboxylic acid groups (broad SMARTS) is 1. The van der Waals surface area contributed by atoms with Gasteiger partial charge in [0.05, 0.1) is 11.8 Å². The molecule has 1 fully saturated rings. The minimum absolute atomic E-state index is 0.0460. The summed E-state index contributed by atoms with van der Waals surface area (Å²) in [6, 6.07) is 5.45. The third-order valence-electron chi connectivity index (χ3n) is 3.90. The van der Waals surface area contributed by atoms with Crippen LogP contribution in [-0.2, 0) is 16.0 Å². The fraction of sp³-hybridized carbons (Fsp3) is 0.500. The van der Waals surface area contributed by atoms with Crippen LogP contribution in [0.15, 0.2) is 24.4 Å². The highest BCUT2D eigenvalue weighted by Crippen LogP contribution is 2.34. The Morgan fingerprint density at radius 1 is 1.47 bits per heavy atom. The highest BCUT2D eigenvalue weighted by molar-refractivity contribution is 5.81. The van der Waals surface area contributed by atoms with Crippen molar-refractivity contribution in [2.45, 2.75) is 26.2 Å². The van der Waals surface area contributed by atoms with E-state index in [1.54, 1.807) is 23.2 Å². The average molecular weight is 262 g/mol. The minimum Gasteiger partial charge on any atom is -0.481 e. The van der Waals surface area contributed by atoms with E-state index in [2.05, 4.69) is 4.98 Å².